The van der Waals surface area contributed by atoms with Gasteiger partial charge in [-0.3, -0.25) is 0 Å². The molecule has 0 bridgehead atoms. The Morgan fingerprint density at radius 3 is 1.98 bits per heavy atom. The van der Waals surface area contributed by atoms with Crippen LogP contribution >= 0.6 is 0 Å². The lowest BCUT2D eigenvalue weighted by atomic mass is 9.99. The van der Waals surface area contributed by atoms with Crippen molar-refractivity contribution in [2.75, 3.05) is 55.3 Å². The van der Waals surface area contributed by atoms with E-state index in [1.54, 1.807) is 18.3 Å². The Balaban J connectivity index is 0.00000154. The molecule has 0 atom stereocenters. The summed E-state index contributed by atoms with van der Waals surface area (Å²) in [7, 11) is 1.82. The molecule has 0 aliphatic rings. The molecule has 284 valence electrons. The summed E-state index contributed by atoms with van der Waals surface area (Å²) in [6.07, 6.45) is 2.82. The monoisotopic (exact) mass is 721 g/mol. The maximum Gasteiger partial charge on any atom is 0.161 e. The summed E-state index contributed by atoms with van der Waals surface area (Å²) in [5.74, 6) is 1.02. The molecule has 5 aromatic rings. The second kappa shape index (κ2) is 25.8. The van der Waals surface area contributed by atoms with E-state index in [4.69, 9.17) is 9.78 Å². The summed E-state index contributed by atoms with van der Waals surface area (Å²) in [5, 5.41) is 13.8. The minimum Gasteiger partial charge on any atom is -0.384 e. The van der Waals surface area contributed by atoms with Gasteiger partial charge >= 0.3 is 0 Å². The first kappa shape index (κ1) is 44.0. The van der Waals surface area contributed by atoms with Crippen LogP contribution in [-0.2, 0) is 11.3 Å². The summed E-state index contributed by atoms with van der Waals surface area (Å²) >= 11 is 0. The van der Waals surface area contributed by atoms with Gasteiger partial charge in [-0.15, -0.1) is 0 Å². The Morgan fingerprint density at radius 1 is 0.792 bits per heavy atom. The molecule has 5 rings (SSSR count). The Labute approximate surface area is 317 Å². The van der Waals surface area contributed by atoms with Crippen molar-refractivity contribution in [1.82, 2.24) is 20.6 Å². The van der Waals surface area contributed by atoms with Crippen LogP contribution in [0.3, 0.4) is 0 Å². The van der Waals surface area contributed by atoms with Gasteiger partial charge in [0.2, 0.25) is 0 Å². The van der Waals surface area contributed by atoms with Crippen LogP contribution in [0.25, 0.3) is 11.4 Å². The quantitative estimate of drug-likeness (QED) is 0.0707. The van der Waals surface area contributed by atoms with Gasteiger partial charge in [0.1, 0.15) is 12.6 Å². The molecule has 8 nitrogen and oxygen atoms in total. The van der Waals surface area contributed by atoms with Crippen LogP contribution in [-0.4, -0.2) is 56.5 Å². The molecular weight excluding hydrogens is 662 g/mol. The first-order chi connectivity index (χ1) is 26.1. The number of nitrogens with one attached hydrogen (secondary N) is 4. The molecule has 0 radical (unpaired) electrons. The SMILES string of the molecule is C=O.CC.CC.CCCN(CCNCCNC(c1ccccc1)c1ccccc1)c1ccc(-c2ncc(NC)c(NCc3ccc(C)cc3F)n2)cc1. The first-order valence-electron chi connectivity index (χ1n) is 18.8. The van der Waals surface area contributed by atoms with Crippen molar-refractivity contribution in [2.24, 2.45) is 0 Å². The number of benzene rings is 4. The molecule has 1 heterocycles. The first-order valence-corrected chi connectivity index (χ1v) is 18.8. The van der Waals surface area contributed by atoms with Gasteiger partial charge in [0, 0.05) is 63.1 Å². The second-order valence-electron chi connectivity index (χ2n) is 11.6. The van der Waals surface area contributed by atoms with Crippen molar-refractivity contribution in [3.8, 4) is 11.4 Å². The summed E-state index contributed by atoms with van der Waals surface area (Å²) in [4.78, 5) is 19.8. The molecule has 0 saturated heterocycles. The van der Waals surface area contributed by atoms with E-state index in [0.29, 0.717) is 23.8 Å². The lowest BCUT2D eigenvalue weighted by Crippen LogP contribution is -2.36. The molecule has 9 heteroatoms. The third-order valence-electron chi connectivity index (χ3n) is 8.17. The average Bonchev–Trinajstić information content (AvgIpc) is 3.22. The smallest absolute Gasteiger partial charge is 0.161 e. The summed E-state index contributed by atoms with van der Waals surface area (Å²) in [6.45, 7) is 18.9. The van der Waals surface area contributed by atoms with Crippen molar-refractivity contribution >= 4 is 24.0 Å². The standard InChI is InChI=1S/C39H46FN7.2C2H6.CH2O/c1-4-24-47(25-23-42-21-22-43-37(30-11-7-5-8-12-30)31-13-9-6-10-14-31)34-19-17-32(18-20-34)38-45-28-36(41-3)39(46-38)44-27-33-16-15-29(2)26-35(33)40;3*1-2/h5-20,26,28,37,41-43H,4,21-25,27H2,1-3H3,(H,44,45,46);2*1-2H3;1H2. The highest BCUT2D eigenvalue weighted by Gasteiger charge is 2.14. The van der Waals surface area contributed by atoms with Gasteiger partial charge in [-0.2, -0.15) is 0 Å². The third-order valence-corrected chi connectivity index (χ3v) is 8.17. The van der Waals surface area contributed by atoms with Crippen LogP contribution in [0.1, 0.15) is 69.3 Å². The molecule has 0 amide bonds. The van der Waals surface area contributed by atoms with Crippen LogP contribution in [0, 0.1) is 12.7 Å². The van der Waals surface area contributed by atoms with Crippen molar-refractivity contribution in [1.29, 1.82) is 0 Å². The minimum absolute atomic E-state index is 0.163. The molecule has 0 spiro atoms. The molecule has 0 aliphatic heterocycles. The van der Waals surface area contributed by atoms with Gasteiger partial charge in [0.25, 0.3) is 0 Å². The Morgan fingerprint density at radius 2 is 1.42 bits per heavy atom. The van der Waals surface area contributed by atoms with Gasteiger partial charge in [0.15, 0.2) is 11.6 Å². The van der Waals surface area contributed by atoms with E-state index in [-0.39, 0.29) is 11.9 Å². The van der Waals surface area contributed by atoms with Crippen LogP contribution in [0.2, 0.25) is 0 Å². The highest BCUT2D eigenvalue weighted by atomic mass is 19.1. The fourth-order valence-electron chi connectivity index (χ4n) is 5.64. The number of aromatic nitrogens is 2. The number of carbonyl (C=O) groups is 1. The lowest BCUT2D eigenvalue weighted by molar-refractivity contribution is -0.0980. The average molecular weight is 722 g/mol. The molecule has 0 unspecified atom stereocenters. The topological polar surface area (TPSA) is 94.2 Å². The molecule has 0 fully saturated rings. The van der Waals surface area contributed by atoms with Gasteiger partial charge < -0.3 is 31.0 Å². The zero-order chi connectivity index (χ0) is 38.8. The zero-order valence-corrected chi connectivity index (χ0v) is 32.8. The Bertz CT molecular complexity index is 1650. The fourth-order valence-corrected chi connectivity index (χ4v) is 5.64. The number of halogens is 1. The largest absolute Gasteiger partial charge is 0.384 e. The molecule has 4 aromatic carbocycles. The normalized spacial score (nSPS) is 10.1. The van der Waals surface area contributed by atoms with Crippen LogP contribution in [0.15, 0.2) is 109 Å². The summed E-state index contributed by atoms with van der Waals surface area (Å²) < 4.78 is 14.4. The van der Waals surface area contributed by atoms with Crippen molar-refractivity contribution in [3.05, 3.63) is 137 Å². The minimum atomic E-state index is -0.225. The number of hydrogen-bond acceptors (Lipinski definition) is 8. The molecule has 0 saturated carbocycles. The van der Waals surface area contributed by atoms with Gasteiger partial charge in [-0.1, -0.05) is 107 Å². The number of anilines is 3. The molecule has 53 heavy (non-hydrogen) atoms. The lowest BCUT2D eigenvalue weighted by Gasteiger charge is -2.25. The highest BCUT2D eigenvalue weighted by Crippen LogP contribution is 2.26. The Kier molecular flexibility index (Phi) is 21.4. The summed E-state index contributed by atoms with van der Waals surface area (Å²) in [5.41, 5.74) is 6.87. The zero-order valence-electron chi connectivity index (χ0n) is 32.8. The van der Waals surface area contributed by atoms with E-state index in [9.17, 15) is 4.39 Å². The predicted molar refractivity (Wildman–Crippen MR) is 223 cm³/mol. The van der Waals surface area contributed by atoms with Gasteiger partial charge in [-0.05, 0) is 60.4 Å². The van der Waals surface area contributed by atoms with Crippen molar-refractivity contribution in [2.45, 2.75) is 60.5 Å². The maximum absolute atomic E-state index is 14.4. The van der Waals surface area contributed by atoms with Gasteiger partial charge in [0.05, 0.1) is 17.9 Å². The number of aryl methyl sites for hydroxylation is 1. The fraction of sp³-hybridized carbons (Fsp3) is 0.341. The van der Waals surface area contributed by atoms with E-state index >= 15 is 0 Å². The van der Waals surface area contributed by atoms with E-state index in [2.05, 4.69) is 123 Å². The van der Waals surface area contributed by atoms with Crippen LogP contribution in [0.4, 0.5) is 21.6 Å². The van der Waals surface area contributed by atoms with Crippen LogP contribution in [0.5, 0.6) is 0 Å². The highest BCUT2D eigenvalue weighted by molar-refractivity contribution is 5.68. The third kappa shape index (κ3) is 14.1. The number of carbonyl (C=O) groups excluding carboxylic acids is 1. The molecule has 0 aliphatic carbocycles. The van der Waals surface area contributed by atoms with Gasteiger partial charge in [-0.25, -0.2) is 14.4 Å². The number of hydrogen-bond donors (Lipinski definition) is 4. The molecular formula is C44H60FN7O. The maximum atomic E-state index is 14.4. The van der Waals surface area contributed by atoms with Crippen LogP contribution < -0.4 is 26.2 Å². The molecule has 1 aromatic heterocycles. The van der Waals surface area contributed by atoms with E-state index in [1.807, 2.05) is 54.5 Å². The van der Waals surface area contributed by atoms with E-state index < -0.39 is 0 Å². The number of rotatable bonds is 17. The molecule has 4 N–H and O–H groups in total. The van der Waals surface area contributed by atoms with E-state index in [0.717, 1.165) is 56.0 Å². The second-order valence-corrected chi connectivity index (χ2v) is 11.6. The van der Waals surface area contributed by atoms with E-state index in [1.165, 1.54) is 16.8 Å². The Hall–Kier alpha value is -5.12. The predicted octanol–water partition coefficient (Wildman–Crippen LogP) is 9.30. The summed E-state index contributed by atoms with van der Waals surface area (Å²) in [6, 6.07) is 35.1. The number of nitrogens with zero attached hydrogens (tertiary/aromatic N) is 3. The van der Waals surface area contributed by atoms with Crippen molar-refractivity contribution in [3.63, 3.8) is 0 Å². The van der Waals surface area contributed by atoms with Crippen molar-refractivity contribution < 1.29 is 9.18 Å².